The van der Waals surface area contributed by atoms with Gasteiger partial charge in [0.2, 0.25) is 5.91 Å². The number of carbonyl (C=O) groups excluding carboxylic acids is 1. The second-order valence-electron chi connectivity index (χ2n) is 9.05. The molecule has 5 rings (SSSR count). The molecule has 1 fully saturated rings. The maximum atomic E-state index is 13.1. The summed E-state index contributed by atoms with van der Waals surface area (Å²) < 4.78 is 0. The zero-order valence-electron chi connectivity index (χ0n) is 19.0. The van der Waals surface area contributed by atoms with Crippen molar-refractivity contribution in [1.82, 2.24) is 24.8 Å². The molecule has 1 atom stereocenters. The number of hydrogen-bond donors (Lipinski definition) is 1. The van der Waals surface area contributed by atoms with E-state index in [0.717, 1.165) is 60.3 Å². The third-order valence-corrected chi connectivity index (χ3v) is 6.79. The van der Waals surface area contributed by atoms with Gasteiger partial charge >= 0.3 is 0 Å². The van der Waals surface area contributed by atoms with Crippen LogP contribution >= 0.6 is 0 Å². The Morgan fingerprint density at radius 2 is 2.06 bits per heavy atom. The average Bonchev–Trinajstić information content (AvgIpc) is 3.32. The Kier molecular flexibility index (Phi) is 6.05. The predicted molar refractivity (Wildman–Crippen MR) is 125 cm³/mol. The Balaban J connectivity index is 1.33. The molecule has 7 heteroatoms. The average molecular weight is 444 g/mol. The van der Waals surface area contributed by atoms with E-state index in [0.29, 0.717) is 25.3 Å². The normalized spacial score (nSPS) is 18.3. The van der Waals surface area contributed by atoms with Crippen molar-refractivity contribution in [2.24, 2.45) is 0 Å². The van der Waals surface area contributed by atoms with E-state index in [-0.39, 0.29) is 17.5 Å². The SMILES string of the molecule is Cc1ccccc1CC(=O)N1CCCC1c1nc2c(c(=O)[nH]1)CN(Cc1cccnc1)CC2. The second-order valence-corrected chi connectivity index (χ2v) is 9.05. The fraction of sp³-hybridized carbons (Fsp3) is 0.385. The van der Waals surface area contributed by atoms with Gasteiger partial charge in [-0.1, -0.05) is 30.3 Å². The molecule has 33 heavy (non-hydrogen) atoms. The fourth-order valence-corrected chi connectivity index (χ4v) is 4.97. The number of aromatic amines is 1. The molecule has 1 aromatic carbocycles. The number of rotatable bonds is 5. The molecule has 7 nitrogen and oxygen atoms in total. The first kappa shape index (κ1) is 21.5. The van der Waals surface area contributed by atoms with Crippen LogP contribution < -0.4 is 5.56 Å². The highest BCUT2D eigenvalue weighted by Crippen LogP contribution is 2.31. The summed E-state index contributed by atoms with van der Waals surface area (Å²) in [5, 5.41) is 0. The lowest BCUT2D eigenvalue weighted by molar-refractivity contribution is -0.131. The number of fused-ring (bicyclic) bond motifs is 1. The molecule has 0 saturated carbocycles. The van der Waals surface area contributed by atoms with Crippen LogP contribution in [0.5, 0.6) is 0 Å². The number of H-pyrrole nitrogens is 1. The molecule has 2 aliphatic rings. The van der Waals surface area contributed by atoms with Gasteiger partial charge in [-0.05, 0) is 42.5 Å². The molecule has 1 amide bonds. The number of hydrogen-bond acceptors (Lipinski definition) is 5. The predicted octanol–water partition coefficient (Wildman–Crippen LogP) is 2.94. The monoisotopic (exact) mass is 443 g/mol. The number of nitrogens with one attached hydrogen (secondary N) is 1. The number of aryl methyl sites for hydroxylation is 1. The Morgan fingerprint density at radius 3 is 2.88 bits per heavy atom. The molecule has 0 aliphatic carbocycles. The number of benzene rings is 1. The van der Waals surface area contributed by atoms with Crippen LogP contribution in [0.15, 0.2) is 53.6 Å². The fourth-order valence-electron chi connectivity index (χ4n) is 4.97. The van der Waals surface area contributed by atoms with Gasteiger partial charge in [-0.2, -0.15) is 0 Å². The Hall–Kier alpha value is -3.32. The minimum Gasteiger partial charge on any atom is -0.332 e. The van der Waals surface area contributed by atoms with Crippen LogP contribution in [-0.4, -0.2) is 43.7 Å². The molecule has 0 spiro atoms. The standard InChI is InChI=1S/C26H29N5O2/c1-18-6-2-3-8-20(18)14-24(32)31-12-5-9-23(31)25-28-22-10-13-30(17-21(22)26(33)29-25)16-19-7-4-11-27-15-19/h2-4,6-8,11,15,23H,5,9-10,12-14,16-17H2,1H3,(H,28,29,33). The van der Waals surface area contributed by atoms with Gasteiger partial charge in [0.05, 0.1) is 23.7 Å². The van der Waals surface area contributed by atoms with Crippen molar-refractivity contribution in [2.45, 2.75) is 51.7 Å². The van der Waals surface area contributed by atoms with Crippen molar-refractivity contribution in [2.75, 3.05) is 13.1 Å². The largest absolute Gasteiger partial charge is 0.332 e. The Bertz CT molecular complexity index is 1210. The molecule has 1 unspecified atom stereocenters. The van der Waals surface area contributed by atoms with Gasteiger partial charge in [0.15, 0.2) is 0 Å². The lowest BCUT2D eigenvalue weighted by Gasteiger charge is -2.29. The van der Waals surface area contributed by atoms with Crippen molar-refractivity contribution in [3.63, 3.8) is 0 Å². The number of aromatic nitrogens is 3. The Labute approximate surface area is 193 Å². The van der Waals surface area contributed by atoms with E-state index < -0.39 is 0 Å². The molecule has 1 saturated heterocycles. The van der Waals surface area contributed by atoms with E-state index in [1.165, 1.54) is 0 Å². The number of pyridine rings is 1. The first-order valence-electron chi connectivity index (χ1n) is 11.7. The van der Waals surface area contributed by atoms with Crippen molar-refractivity contribution < 1.29 is 4.79 Å². The van der Waals surface area contributed by atoms with Crippen LogP contribution in [0.3, 0.4) is 0 Å². The minimum atomic E-state index is -0.159. The van der Waals surface area contributed by atoms with E-state index in [1.807, 2.05) is 48.4 Å². The molecule has 2 aliphatic heterocycles. The minimum absolute atomic E-state index is 0.0795. The molecule has 0 radical (unpaired) electrons. The summed E-state index contributed by atoms with van der Waals surface area (Å²) in [7, 11) is 0. The molecule has 0 bridgehead atoms. The van der Waals surface area contributed by atoms with Crippen molar-refractivity contribution in [3.8, 4) is 0 Å². The highest BCUT2D eigenvalue weighted by molar-refractivity contribution is 5.79. The summed E-state index contributed by atoms with van der Waals surface area (Å²) in [6.45, 7) is 4.92. The summed E-state index contributed by atoms with van der Waals surface area (Å²) in [5.74, 6) is 0.727. The maximum absolute atomic E-state index is 13.1. The van der Waals surface area contributed by atoms with Gasteiger partial charge in [0.25, 0.3) is 5.56 Å². The topological polar surface area (TPSA) is 82.2 Å². The van der Waals surface area contributed by atoms with Gasteiger partial charge < -0.3 is 9.88 Å². The summed E-state index contributed by atoms with van der Waals surface area (Å²) in [4.78, 5) is 42.4. The summed E-state index contributed by atoms with van der Waals surface area (Å²) in [5.41, 5.74) is 4.84. The van der Waals surface area contributed by atoms with Crippen molar-refractivity contribution in [3.05, 3.63) is 92.9 Å². The van der Waals surface area contributed by atoms with E-state index >= 15 is 0 Å². The number of nitrogens with zero attached hydrogens (tertiary/aromatic N) is 4. The van der Waals surface area contributed by atoms with Crippen LogP contribution in [-0.2, 0) is 30.7 Å². The smallest absolute Gasteiger partial charge is 0.255 e. The van der Waals surface area contributed by atoms with Gasteiger partial charge in [-0.25, -0.2) is 4.98 Å². The molecular formula is C26H29N5O2. The van der Waals surface area contributed by atoms with Crippen LogP contribution in [0.1, 0.15) is 52.7 Å². The lowest BCUT2D eigenvalue weighted by Crippen LogP contribution is -2.38. The van der Waals surface area contributed by atoms with Gasteiger partial charge in [0, 0.05) is 45.0 Å². The third-order valence-electron chi connectivity index (χ3n) is 6.79. The number of amides is 1. The van der Waals surface area contributed by atoms with E-state index in [4.69, 9.17) is 4.98 Å². The summed E-state index contributed by atoms with van der Waals surface area (Å²) >= 11 is 0. The van der Waals surface area contributed by atoms with E-state index in [1.54, 1.807) is 6.20 Å². The van der Waals surface area contributed by atoms with Crippen molar-refractivity contribution in [1.29, 1.82) is 0 Å². The second kappa shape index (κ2) is 9.27. The highest BCUT2D eigenvalue weighted by atomic mass is 16.2. The van der Waals surface area contributed by atoms with Crippen LogP contribution in [0.2, 0.25) is 0 Å². The van der Waals surface area contributed by atoms with Gasteiger partial charge in [0.1, 0.15) is 5.82 Å². The quantitative estimate of drug-likeness (QED) is 0.656. The van der Waals surface area contributed by atoms with E-state index in [9.17, 15) is 9.59 Å². The van der Waals surface area contributed by atoms with Crippen LogP contribution in [0.25, 0.3) is 0 Å². The molecule has 2 aromatic heterocycles. The first-order chi connectivity index (χ1) is 16.1. The van der Waals surface area contributed by atoms with Gasteiger partial charge in [-0.3, -0.25) is 19.5 Å². The number of likely N-dealkylation sites (tertiary alicyclic amines) is 1. The summed E-state index contributed by atoms with van der Waals surface area (Å²) in [6.07, 6.45) is 6.49. The molecule has 170 valence electrons. The van der Waals surface area contributed by atoms with Gasteiger partial charge in [-0.15, -0.1) is 0 Å². The first-order valence-corrected chi connectivity index (χ1v) is 11.7. The number of carbonyl (C=O) groups is 1. The maximum Gasteiger partial charge on any atom is 0.255 e. The lowest BCUT2D eigenvalue weighted by atomic mass is 10.0. The van der Waals surface area contributed by atoms with Crippen LogP contribution in [0, 0.1) is 6.92 Å². The molecular weight excluding hydrogens is 414 g/mol. The summed E-state index contributed by atoms with van der Waals surface area (Å²) in [6, 6.07) is 11.8. The Morgan fingerprint density at radius 1 is 1.18 bits per heavy atom. The molecule has 4 heterocycles. The van der Waals surface area contributed by atoms with Crippen LogP contribution in [0.4, 0.5) is 0 Å². The zero-order chi connectivity index (χ0) is 22.8. The molecule has 3 aromatic rings. The van der Waals surface area contributed by atoms with Crippen molar-refractivity contribution >= 4 is 5.91 Å². The molecule has 1 N–H and O–H groups in total. The van der Waals surface area contributed by atoms with E-state index in [2.05, 4.69) is 20.9 Å². The zero-order valence-corrected chi connectivity index (χ0v) is 19.0. The highest BCUT2D eigenvalue weighted by Gasteiger charge is 2.33. The third kappa shape index (κ3) is 4.59.